The van der Waals surface area contributed by atoms with Crippen molar-refractivity contribution in [1.29, 1.82) is 0 Å². The molecule has 21 heavy (non-hydrogen) atoms. The summed E-state index contributed by atoms with van der Waals surface area (Å²) in [5.41, 5.74) is 5.81. The molecule has 1 aliphatic rings. The molecule has 122 valence electrons. The molecule has 3 N–H and O–H groups in total. The van der Waals surface area contributed by atoms with Crippen molar-refractivity contribution in [3.8, 4) is 0 Å². The molecule has 1 heterocycles. The van der Waals surface area contributed by atoms with Crippen molar-refractivity contribution < 1.29 is 9.59 Å². The van der Waals surface area contributed by atoms with Gasteiger partial charge in [-0.3, -0.25) is 9.59 Å². The average molecular weight is 297 g/mol. The highest BCUT2D eigenvalue weighted by Crippen LogP contribution is 2.29. The number of carbonyl (C=O) groups excluding carboxylic acids is 2. The lowest BCUT2D eigenvalue weighted by molar-refractivity contribution is -0.137. The van der Waals surface area contributed by atoms with Gasteiger partial charge in [0, 0.05) is 19.5 Å². The van der Waals surface area contributed by atoms with Crippen LogP contribution in [0.25, 0.3) is 0 Å². The molecular formula is C16H31N3O2. The van der Waals surface area contributed by atoms with Crippen LogP contribution >= 0.6 is 0 Å². The number of rotatable bonds is 6. The van der Waals surface area contributed by atoms with E-state index in [4.69, 9.17) is 5.73 Å². The van der Waals surface area contributed by atoms with E-state index in [1.54, 1.807) is 0 Å². The molecule has 5 nitrogen and oxygen atoms in total. The van der Waals surface area contributed by atoms with Crippen LogP contribution in [0.1, 0.15) is 47.5 Å². The Morgan fingerprint density at radius 3 is 2.33 bits per heavy atom. The fourth-order valence-electron chi connectivity index (χ4n) is 2.69. The van der Waals surface area contributed by atoms with Crippen molar-refractivity contribution in [2.24, 2.45) is 23.0 Å². The minimum absolute atomic E-state index is 0.0130. The summed E-state index contributed by atoms with van der Waals surface area (Å²) >= 11 is 0. The van der Waals surface area contributed by atoms with E-state index in [1.807, 2.05) is 32.6 Å². The second-order valence-corrected chi connectivity index (χ2v) is 7.41. The Morgan fingerprint density at radius 2 is 1.90 bits per heavy atom. The lowest BCUT2D eigenvalue weighted by atomic mass is 9.90. The highest BCUT2D eigenvalue weighted by molar-refractivity contribution is 5.88. The molecule has 0 bridgehead atoms. The SMILES string of the molecule is CC(C)CC(=O)NC(C(=O)N1CCC(C)(CN)C1)C(C)C. The van der Waals surface area contributed by atoms with E-state index in [1.165, 1.54) is 0 Å². The summed E-state index contributed by atoms with van der Waals surface area (Å²) in [4.78, 5) is 26.5. The molecule has 1 rings (SSSR count). The fourth-order valence-corrected chi connectivity index (χ4v) is 2.69. The molecule has 2 atom stereocenters. The molecule has 0 aromatic rings. The molecular weight excluding hydrogens is 266 g/mol. The van der Waals surface area contributed by atoms with Gasteiger partial charge in [-0.2, -0.15) is 0 Å². The summed E-state index contributed by atoms with van der Waals surface area (Å²) < 4.78 is 0. The van der Waals surface area contributed by atoms with E-state index in [0.29, 0.717) is 25.4 Å². The molecule has 0 aromatic carbocycles. The zero-order chi connectivity index (χ0) is 16.2. The van der Waals surface area contributed by atoms with E-state index < -0.39 is 6.04 Å². The van der Waals surface area contributed by atoms with E-state index in [9.17, 15) is 9.59 Å². The van der Waals surface area contributed by atoms with Gasteiger partial charge < -0.3 is 16.0 Å². The molecule has 0 saturated carbocycles. The smallest absolute Gasteiger partial charge is 0.245 e. The Labute approximate surface area is 128 Å². The van der Waals surface area contributed by atoms with Crippen LogP contribution in [0.3, 0.4) is 0 Å². The van der Waals surface area contributed by atoms with E-state index >= 15 is 0 Å². The van der Waals surface area contributed by atoms with Gasteiger partial charge in [-0.05, 0) is 30.2 Å². The van der Waals surface area contributed by atoms with Crippen molar-refractivity contribution in [3.05, 3.63) is 0 Å². The molecule has 1 aliphatic heterocycles. The highest BCUT2D eigenvalue weighted by atomic mass is 16.2. The van der Waals surface area contributed by atoms with Crippen molar-refractivity contribution in [3.63, 3.8) is 0 Å². The van der Waals surface area contributed by atoms with Crippen molar-refractivity contribution in [2.45, 2.75) is 53.5 Å². The summed E-state index contributed by atoms with van der Waals surface area (Å²) in [5.74, 6) is 0.357. The molecule has 0 spiro atoms. The number of nitrogens with zero attached hydrogens (tertiary/aromatic N) is 1. The lowest BCUT2D eigenvalue weighted by Crippen LogP contribution is -2.51. The minimum atomic E-state index is -0.434. The summed E-state index contributed by atoms with van der Waals surface area (Å²) in [6, 6.07) is -0.434. The number of likely N-dealkylation sites (tertiary alicyclic amines) is 1. The van der Waals surface area contributed by atoms with Gasteiger partial charge in [-0.1, -0.05) is 34.6 Å². The van der Waals surface area contributed by atoms with Crippen molar-refractivity contribution in [2.75, 3.05) is 19.6 Å². The Balaban J connectivity index is 2.69. The molecule has 0 aromatic heterocycles. The first-order valence-electron chi connectivity index (χ1n) is 7.97. The normalized spacial score (nSPS) is 23.7. The van der Waals surface area contributed by atoms with E-state index in [2.05, 4.69) is 12.2 Å². The first-order chi connectivity index (χ1) is 9.68. The van der Waals surface area contributed by atoms with Crippen LogP contribution in [0.2, 0.25) is 0 Å². The molecule has 1 fully saturated rings. The molecule has 1 saturated heterocycles. The van der Waals surface area contributed by atoms with Gasteiger partial charge in [0.15, 0.2) is 0 Å². The van der Waals surface area contributed by atoms with Crippen LogP contribution in [0.4, 0.5) is 0 Å². The van der Waals surface area contributed by atoms with Gasteiger partial charge >= 0.3 is 0 Å². The Hall–Kier alpha value is -1.10. The number of hydrogen-bond donors (Lipinski definition) is 2. The molecule has 0 radical (unpaired) electrons. The molecule has 0 aliphatic carbocycles. The minimum Gasteiger partial charge on any atom is -0.344 e. The third-order valence-corrected chi connectivity index (χ3v) is 4.21. The first kappa shape index (κ1) is 18.0. The van der Waals surface area contributed by atoms with E-state index in [-0.39, 0.29) is 23.1 Å². The van der Waals surface area contributed by atoms with Gasteiger partial charge in [0.2, 0.25) is 11.8 Å². The van der Waals surface area contributed by atoms with Crippen LogP contribution in [0, 0.1) is 17.3 Å². The lowest BCUT2D eigenvalue weighted by Gasteiger charge is -2.28. The predicted molar refractivity (Wildman–Crippen MR) is 84.6 cm³/mol. The van der Waals surface area contributed by atoms with Crippen LogP contribution in [-0.2, 0) is 9.59 Å². The summed E-state index contributed by atoms with van der Waals surface area (Å²) in [7, 11) is 0. The average Bonchev–Trinajstić information content (AvgIpc) is 2.77. The van der Waals surface area contributed by atoms with Crippen molar-refractivity contribution >= 4 is 11.8 Å². The Bertz CT molecular complexity index is 382. The maximum atomic E-state index is 12.7. The van der Waals surface area contributed by atoms with Crippen LogP contribution < -0.4 is 11.1 Å². The first-order valence-corrected chi connectivity index (χ1v) is 7.97. The number of hydrogen-bond acceptors (Lipinski definition) is 3. The molecule has 5 heteroatoms. The molecule has 2 unspecified atom stereocenters. The number of nitrogens with one attached hydrogen (secondary N) is 1. The summed E-state index contributed by atoms with van der Waals surface area (Å²) in [6.45, 7) is 12.1. The maximum absolute atomic E-state index is 12.7. The summed E-state index contributed by atoms with van der Waals surface area (Å²) in [5, 5.41) is 2.91. The topological polar surface area (TPSA) is 75.4 Å². The summed E-state index contributed by atoms with van der Waals surface area (Å²) in [6.07, 6.45) is 1.39. The van der Waals surface area contributed by atoms with Gasteiger partial charge in [0.1, 0.15) is 6.04 Å². The number of nitrogens with two attached hydrogens (primary N) is 1. The molecule has 2 amide bonds. The Kier molecular flexibility index (Phi) is 6.20. The van der Waals surface area contributed by atoms with Crippen molar-refractivity contribution in [1.82, 2.24) is 10.2 Å². The third kappa shape index (κ3) is 4.99. The van der Waals surface area contributed by atoms with Crippen LogP contribution in [-0.4, -0.2) is 42.4 Å². The second-order valence-electron chi connectivity index (χ2n) is 7.41. The van der Waals surface area contributed by atoms with Gasteiger partial charge in [0.05, 0.1) is 0 Å². The Morgan fingerprint density at radius 1 is 1.29 bits per heavy atom. The number of carbonyl (C=O) groups is 2. The third-order valence-electron chi connectivity index (χ3n) is 4.21. The fraction of sp³-hybridized carbons (Fsp3) is 0.875. The maximum Gasteiger partial charge on any atom is 0.245 e. The van der Waals surface area contributed by atoms with Gasteiger partial charge in [0.25, 0.3) is 0 Å². The van der Waals surface area contributed by atoms with E-state index in [0.717, 1.165) is 13.0 Å². The van der Waals surface area contributed by atoms with Crippen LogP contribution in [0.15, 0.2) is 0 Å². The highest BCUT2D eigenvalue weighted by Gasteiger charge is 2.38. The number of amides is 2. The zero-order valence-corrected chi connectivity index (χ0v) is 14.1. The predicted octanol–water partition coefficient (Wildman–Crippen LogP) is 1.37. The standard InChI is InChI=1S/C16H31N3O2/c1-11(2)8-13(20)18-14(12(3)4)15(21)19-7-6-16(5,9-17)10-19/h11-12,14H,6-10,17H2,1-5H3,(H,18,20). The van der Waals surface area contributed by atoms with Crippen LogP contribution in [0.5, 0.6) is 0 Å². The quantitative estimate of drug-likeness (QED) is 0.777. The van der Waals surface area contributed by atoms with Gasteiger partial charge in [-0.15, -0.1) is 0 Å². The zero-order valence-electron chi connectivity index (χ0n) is 14.1. The van der Waals surface area contributed by atoms with Gasteiger partial charge in [-0.25, -0.2) is 0 Å². The monoisotopic (exact) mass is 297 g/mol. The second kappa shape index (κ2) is 7.25. The largest absolute Gasteiger partial charge is 0.344 e.